The molecule has 170 valence electrons. The van der Waals surface area contributed by atoms with Gasteiger partial charge in [-0.25, -0.2) is 8.78 Å². The smallest absolute Gasteiger partial charge is 0.287 e. The first-order chi connectivity index (χ1) is 14.5. The molecule has 0 radical (unpaired) electrons. The molecule has 0 bridgehead atoms. The number of benzene rings is 1. The number of rotatable bonds is 6. The van der Waals surface area contributed by atoms with Crippen LogP contribution in [0.5, 0.6) is 0 Å². The van der Waals surface area contributed by atoms with Crippen LogP contribution in [-0.2, 0) is 0 Å². The van der Waals surface area contributed by atoms with Crippen molar-refractivity contribution in [1.82, 2.24) is 15.5 Å². The summed E-state index contributed by atoms with van der Waals surface area (Å²) in [7, 11) is 1.71. The van der Waals surface area contributed by atoms with Crippen LogP contribution >= 0.6 is 24.0 Å². The SMILES string of the molecule is CN=C(NCCCNC(=O)c1occc1C)N1CCN(c2cc(F)ccc2F)CC1.I. The lowest BCUT2D eigenvalue weighted by molar-refractivity contribution is 0.0925. The zero-order valence-corrected chi connectivity index (χ0v) is 20.0. The number of nitrogens with zero attached hydrogens (tertiary/aromatic N) is 3. The maximum absolute atomic E-state index is 14.0. The van der Waals surface area contributed by atoms with Crippen molar-refractivity contribution in [1.29, 1.82) is 0 Å². The second kappa shape index (κ2) is 11.9. The first kappa shape index (κ1) is 24.9. The number of halogens is 3. The Balaban J connectivity index is 0.00000341. The Hall–Kier alpha value is -2.37. The van der Waals surface area contributed by atoms with E-state index < -0.39 is 11.6 Å². The average Bonchev–Trinajstić information content (AvgIpc) is 3.18. The number of hydrogen-bond donors (Lipinski definition) is 2. The van der Waals surface area contributed by atoms with Crippen LogP contribution in [0.3, 0.4) is 0 Å². The maximum atomic E-state index is 14.0. The van der Waals surface area contributed by atoms with Crippen molar-refractivity contribution in [2.75, 3.05) is 51.2 Å². The average molecular weight is 547 g/mol. The molecule has 0 saturated carbocycles. The second-order valence-corrected chi connectivity index (χ2v) is 7.09. The zero-order chi connectivity index (χ0) is 21.5. The lowest BCUT2D eigenvalue weighted by Gasteiger charge is -2.37. The van der Waals surface area contributed by atoms with Crippen LogP contribution in [0.2, 0.25) is 0 Å². The standard InChI is InChI=1S/C21H27F2N5O2.HI/c1-15-6-13-30-19(15)20(29)25-7-3-8-26-21(24-2)28-11-9-27(10-12-28)18-14-16(22)4-5-17(18)23;/h4-6,13-14H,3,7-12H2,1-2H3,(H,24,26)(H,25,29);1H. The molecule has 0 unspecified atom stereocenters. The molecule has 0 spiro atoms. The molecule has 7 nitrogen and oxygen atoms in total. The van der Waals surface area contributed by atoms with Crippen LogP contribution in [0, 0.1) is 18.6 Å². The molecule has 1 aliphatic rings. The molecule has 10 heteroatoms. The van der Waals surface area contributed by atoms with E-state index in [2.05, 4.69) is 20.5 Å². The van der Waals surface area contributed by atoms with Crippen molar-refractivity contribution in [2.24, 2.45) is 4.99 Å². The summed E-state index contributed by atoms with van der Waals surface area (Å²) in [5, 5.41) is 6.11. The Labute approximate surface area is 197 Å². The summed E-state index contributed by atoms with van der Waals surface area (Å²) >= 11 is 0. The summed E-state index contributed by atoms with van der Waals surface area (Å²) in [6.07, 6.45) is 2.22. The first-order valence-electron chi connectivity index (χ1n) is 9.97. The third-order valence-electron chi connectivity index (χ3n) is 5.03. The van der Waals surface area contributed by atoms with E-state index in [0.29, 0.717) is 50.7 Å². The molecule has 2 N–H and O–H groups in total. The van der Waals surface area contributed by atoms with Gasteiger partial charge in [0.05, 0.1) is 12.0 Å². The third kappa shape index (κ3) is 6.55. The Bertz CT molecular complexity index is 898. The van der Waals surface area contributed by atoms with Crippen LogP contribution in [0.15, 0.2) is 39.9 Å². The molecule has 2 heterocycles. The second-order valence-electron chi connectivity index (χ2n) is 7.09. The monoisotopic (exact) mass is 547 g/mol. The number of carbonyl (C=O) groups is 1. The molecule has 1 saturated heterocycles. The van der Waals surface area contributed by atoms with Crippen LogP contribution in [0.25, 0.3) is 0 Å². The number of nitrogens with one attached hydrogen (secondary N) is 2. The maximum Gasteiger partial charge on any atom is 0.287 e. The van der Waals surface area contributed by atoms with Crippen LogP contribution < -0.4 is 15.5 Å². The van der Waals surface area contributed by atoms with Crippen LogP contribution in [-0.4, -0.2) is 63.1 Å². The number of aryl methyl sites for hydroxylation is 1. The number of furan rings is 1. The fraction of sp³-hybridized carbons (Fsp3) is 0.429. The molecule has 1 aromatic heterocycles. The Morgan fingerprint density at radius 2 is 1.84 bits per heavy atom. The topological polar surface area (TPSA) is 73.1 Å². The zero-order valence-electron chi connectivity index (χ0n) is 17.7. The molecule has 3 rings (SSSR count). The molecule has 1 aromatic carbocycles. The predicted molar refractivity (Wildman–Crippen MR) is 127 cm³/mol. The summed E-state index contributed by atoms with van der Waals surface area (Å²) < 4.78 is 32.6. The fourth-order valence-corrected chi connectivity index (χ4v) is 3.40. The normalized spacial score (nSPS) is 14.3. The Morgan fingerprint density at radius 3 is 2.48 bits per heavy atom. The van der Waals surface area contributed by atoms with Gasteiger partial charge in [-0.3, -0.25) is 9.79 Å². The summed E-state index contributed by atoms with van der Waals surface area (Å²) in [6, 6.07) is 5.27. The van der Waals surface area contributed by atoms with Gasteiger partial charge in [0.1, 0.15) is 11.6 Å². The number of piperazine rings is 1. The quantitative estimate of drug-likeness (QED) is 0.252. The van der Waals surface area contributed by atoms with E-state index in [4.69, 9.17) is 4.42 Å². The lowest BCUT2D eigenvalue weighted by atomic mass is 10.2. The highest BCUT2D eigenvalue weighted by Gasteiger charge is 2.22. The molecule has 31 heavy (non-hydrogen) atoms. The summed E-state index contributed by atoms with van der Waals surface area (Å²) in [4.78, 5) is 20.2. The predicted octanol–water partition coefficient (Wildman–Crippen LogP) is 3.00. The van der Waals surface area contributed by atoms with E-state index in [1.165, 1.54) is 12.3 Å². The van der Waals surface area contributed by atoms with E-state index in [1.54, 1.807) is 13.1 Å². The van der Waals surface area contributed by atoms with E-state index in [0.717, 1.165) is 30.1 Å². The third-order valence-corrected chi connectivity index (χ3v) is 5.03. The van der Waals surface area contributed by atoms with Crippen molar-refractivity contribution in [3.63, 3.8) is 0 Å². The highest BCUT2D eigenvalue weighted by molar-refractivity contribution is 14.0. The van der Waals surface area contributed by atoms with Gasteiger partial charge in [0.25, 0.3) is 5.91 Å². The van der Waals surface area contributed by atoms with E-state index >= 15 is 0 Å². The van der Waals surface area contributed by atoms with Crippen molar-refractivity contribution in [3.8, 4) is 0 Å². The summed E-state index contributed by atoms with van der Waals surface area (Å²) in [5.74, 6) is 0.0104. The van der Waals surface area contributed by atoms with Gasteiger partial charge < -0.3 is 24.9 Å². The van der Waals surface area contributed by atoms with Crippen LogP contribution in [0.1, 0.15) is 22.5 Å². The van der Waals surface area contributed by atoms with E-state index in [1.807, 2.05) is 11.8 Å². The number of guanidine groups is 1. The summed E-state index contributed by atoms with van der Waals surface area (Å²) in [6.45, 7) is 5.40. The molecule has 1 fully saturated rings. The minimum absolute atomic E-state index is 0. The molecular formula is C21H28F2IN5O2. The van der Waals surface area contributed by atoms with E-state index in [9.17, 15) is 13.6 Å². The molecule has 0 aliphatic carbocycles. The van der Waals surface area contributed by atoms with Gasteiger partial charge in [-0.15, -0.1) is 24.0 Å². The molecule has 1 aliphatic heterocycles. The van der Waals surface area contributed by atoms with Gasteiger partial charge in [0.2, 0.25) is 0 Å². The summed E-state index contributed by atoms with van der Waals surface area (Å²) in [5.41, 5.74) is 1.10. The Kier molecular flexibility index (Phi) is 9.53. The minimum Gasteiger partial charge on any atom is -0.459 e. The van der Waals surface area contributed by atoms with Gasteiger partial charge in [0, 0.05) is 57.9 Å². The Morgan fingerprint density at radius 1 is 1.13 bits per heavy atom. The molecule has 1 amide bonds. The van der Waals surface area contributed by atoms with Crippen molar-refractivity contribution in [2.45, 2.75) is 13.3 Å². The number of anilines is 1. The minimum atomic E-state index is -0.444. The number of hydrogen-bond acceptors (Lipinski definition) is 4. The van der Waals surface area contributed by atoms with Gasteiger partial charge in [-0.1, -0.05) is 0 Å². The van der Waals surface area contributed by atoms with Crippen molar-refractivity contribution < 1.29 is 18.0 Å². The molecular weight excluding hydrogens is 519 g/mol. The first-order valence-corrected chi connectivity index (χ1v) is 9.97. The van der Waals surface area contributed by atoms with E-state index in [-0.39, 0.29) is 29.9 Å². The van der Waals surface area contributed by atoms with Crippen molar-refractivity contribution in [3.05, 3.63) is 53.5 Å². The van der Waals surface area contributed by atoms with Gasteiger partial charge >= 0.3 is 0 Å². The lowest BCUT2D eigenvalue weighted by Crippen LogP contribution is -2.53. The number of aliphatic imine (C=N–C) groups is 1. The van der Waals surface area contributed by atoms with Crippen molar-refractivity contribution >= 4 is 41.5 Å². The molecule has 2 aromatic rings. The number of carbonyl (C=O) groups excluding carboxylic acids is 1. The fourth-order valence-electron chi connectivity index (χ4n) is 3.40. The largest absolute Gasteiger partial charge is 0.459 e. The van der Waals surface area contributed by atoms with Gasteiger partial charge in [-0.05, 0) is 31.5 Å². The van der Waals surface area contributed by atoms with Gasteiger partial charge in [-0.2, -0.15) is 0 Å². The highest BCUT2D eigenvalue weighted by Crippen LogP contribution is 2.21. The highest BCUT2D eigenvalue weighted by atomic mass is 127. The molecule has 0 atom stereocenters. The van der Waals surface area contributed by atoms with Crippen LogP contribution in [0.4, 0.5) is 14.5 Å². The van der Waals surface area contributed by atoms with Gasteiger partial charge in [0.15, 0.2) is 11.7 Å². The number of amides is 1.